The molecule has 3 rings (SSSR count). The molecule has 0 bridgehead atoms. The van der Waals surface area contributed by atoms with Crippen molar-refractivity contribution in [3.8, 4) is 0 Å². The molecule has 2 nitrogen and oxygen atoms in total. The van der Waals surface area contributed by atoms with Gasteiger partial charge in [-0.3, -0.25) is 0 Å². The van der Waals surface area contributed by atoms with Gasteiger partial charge < -0.3 is 10.2 Å². The van der Waals surface area contributed by atoms with E-state index in [9.17, 15) is 4.39 Å². The van der Waals surface area contributed by atoms with Gasteiger partial charge in [0.05, 0.1) is 11.4 Å². The smallest absolute Gasteiger partial charge is 0.125 e. The lowest BCUT2D eigenvalue weighted by molar-refractivity contribution is 0.628. The van der Waals surface area contributed by atoms with Crippen molar-refractivity contribution in [2.45, 2.75) is 6.42 Å². The van der Waals surface area contributed by atoms with Gasteiger partial charge in [0.25, 0.3) is 0 Å². The Kier molecular flexibility index (Phi) is 2.67. The first-order chi connectivity index (χ1) is 8.79. The maximum atomic E-state index is 13.3. The number of para-hydroxylation sites is 1. The Morgan fingerprint density at radius 3 is 2.78 bits per heavy atom. The Hall–Kier alpha value is -2.03. The summed E-state index contributed by atoms with van der Waals surface area (Å²) in [7, 11) is 1.82. The van der Waals surface area contributed by atoms with Crippen molar-refractivity contribution in [2.75, 3.05) is 23.8 Å². The van der Waals surface area contributed by atoms with Gasteiger partial charge in [0.1, 0.15) is 5.82 Å². The second-order valence-electron chi connectivity index (χ2n) is 4.44. The van der Waals surface area contributed by atoms with Crippen molar-refractivity contribution in [3.05, 3.63) is 53.8 Å². The van der Waals surface area contributed by atoms with Crippen LogP contribution in [0.3, 0.4) is 0 Å². The molecule has 1 aliphatic rings. The Bertz CT molecular complexity index is 580. The van der Waals surface area contributed by atoms with E-state index >= 15 is 0 Å². The highest BCUT2D eigenvalue weighted by atomic mass is 19.1. The van der Waals surface area contributed by atoms with Crippen molar-refractivity contribution in [2.24, 2.45) is 0 Å². The second-order valence-corrected chi connectivity index (χ2v) is 4.44. The van der Waals surface area contributed by atoms with Crippen LogP contribution in [-0.2, 0) is 6.42 Å². The van der Waals surface area contributed by atoms with Crippen LogP contribution in [-0.4, -0.2) is 13.6 Å². The third-order valence-corrected chi connectivity index (χ3v) is 3.41. The zero-order valence-corrected chi connectivity index (χ0v) is 10.3. The van der Waals surface area contributed by atoms with E-state index in [4.69, 9.17) is 0 Å². The predicted octanol–water partition coefficient (Wildman–Crippen LogP) is 3.56. The molecule has 0 aromatic heterocycles. The summed E-state index contributed by atoms with van der Waals surface area (Å²) >= 11 is 0. The normalized spacial score (nSPS) is 13.6. The molecule has 0 saturated carbocycles. The molecule has 0 fully saturated rings. The van der Waals surface area contributed by atoms with E-state index in [0.29, 0.717) is 0 Å². The Balaban J connectivity index is 2.07. The molecule has 1 heterocycles. The highest BCUT2D eigenvalue weighted by Crippen LogP contribution is 2.38. The van der Waals surface area contributed by atoms with E-state index in [1.54, 1.807) is 0 Å². The fraction of sp³-hybridized carbons (Fsp3) is 0.200. The minimum Gasteiger partial charge on any atom is -0.386 e. The first-order valence-corrected chi connectivity index (χ1v) is 6.12. The summed E-state index contributed by atoms with van der Waals surface area (Å²) < 4.78 is 13.3. The summed E-state index contributed by atoms with van der Waals surface area (Å²) in [4.78, 5) is 2.24. The third-order valence-electron chi connectivity index (χ3n) is 3.41. The number of fused-ring (bicyclic) bond motifs is 1. The van der Waals surface area contributed by atoms with Crippen LogP contribution in [0.1, 0.15) is 5.56 Å². The first kappa shape index (κ1) is 11.1. The van der Waals surface area contributed by atoms with Crippen molar-refractivity contribution >= 4 is 17.1 Å². The molecule has 2 aromatic carbocycles. The Morgan fingerprint density at radius 2 is 1.94 bits per heavy atom. The highest BCUT2D eigenvalue weighted by molar-refractivity contribution is 5.79. The first-order valence-electron chi connectivity index (χ1n) is 6.12. The molecular weight excluding hydrogens is 227 g/mol. The van der Waals surface area contributed by atoms with Crippen LogP contribution in [0.25, 0.3) is 0 Å². The molecule has 92 valence electrons. The zero-order chi connectivity index (χ0) is 12.5. The van der Waals surface area contributed by atoms with Crippen molar-refractivity contribution in [1.29, 1.82) is 0 Å². The number of benzene rings is 2. The van der Waals surface area contributed by atoms with Gasteiger partial charge in [-0.1, -0.05) is 18.2 Å². The van der Waals surface area contributed by atoms with Crippen LogP contribution in [0.4, 0.5) is 21.5 Å². The van der Waals surface area contributed by atoms with E-state index in [2.05, 4.69) is 28.4 Å². The van der Waals surface area contributed by atoms with Gasteiger partial charge in [0.15, 0.2) is 0 Å². The van der Waals surface area contributed by atoms with Gasteiger partial charge in [-0.25, -0.2) is 4.39 Å². The molecule has 0 saturated heterocycles. The summed E-state index contributed by atoms with van der Waals surface area (Å²) in [5, 5.41) is 3.06. The van der Waals surface area contributed by atoms with Crippen LogP contribution in [0.2, 0.25) is 0 Å². The van der Waals surface area contributed by atoms with E-state index in [-0.39, 0.29) is 5.82 Å². The molecule has 3 heteroatoms. The monoisotopic (exact) mass is 242 g/mol. The van der Waals surface area contributed by atoms with Crippen molar-refractivity contribution < 1.29 is 4.39 Å². The SMILES string of the molecule is CNc1cc(F)ccc1N1CCc2ccccc21. The number of rotatable bonds is 2. The molecule has 2 aromatic rings. The number of nitrogens with zero attached hydrogens (tertiary/aromatic N) is 1. The average Bonchev–Trinajstić information content (AvgIpc) is 2.82. The van der Waals surface area contributed by atoms with Crippen LogP contribution < -0.4 is 10.2 Å². The lowest BCUT2D eigenvalue weighted by Crippen LogP contribution is -2.15. The van der Waals surface area contributed by atoms with E-state index in [0.717, 1.165) is 24.3 Å². The van der Waals surface area contributed by atoms with Crippen LogP contribution in [0.5, 0.6) is 0 Å². The standard InChI is InChI=1S/C15H15FN2/c1-17-13-10-12(16)6-7-15(13)18-9-8-11-4-2-3-5-14(11)18/h2-7,10,17H,8-9H2,1H3. The molecule has 0 amide bonds. The van der Waals surface area contributed by atoms with Gasteiger partial charge in [-0.05, 0) is 36.2 Å². The quantitative estimate of drug-likeness (QED) is 0.866. The number of halogens is 1. The summed E-state index contributed by atoms with van der Waals surface area (Å²) in [6, 6.07) is 13.3. The Morgan fingerprint density at radius 1 is 1.11 bits per heavy atom. The zero-order valence-electron chi connectivity index (χ0n) is 10.3. The molecule has 0 aliphatic carbocycles. The second kappa shape index (κ2) is 4.33. The van der Waals surface area contributed by atoms with E-state index in [1.807, 2.05) is 19.2 Å². The number of hydrogen-bond donors (Lipinski definition) is 1. The fourth-order valence-electron chi connectivity index (χ4n) is 2.53. The van der Waals surface area contributed by atoms with Crippen molar-refractivity contribution in [1.82, 2.24) is 0 Å². The maximum absolute atomic E-state index is 13.3. The third kappa shape index (κ3) is 1.72. The summed E-state index contributed by atoms with van der Waals surface area (Å²) in [6.07, 6.45) is 1.04. The lowest BCUT2D eigenvalue weighted by Gasteiger charge is -2.22. The van der Waals surface area contributed by atoms with Gasteiger partial charge in [-0.2, -0.15) is 0 Å². The molecule has 1 aliphatic heterocycles. The van der Waals surface area contributed by atoms with Gasteiger partial charge in [-0.15, -0.1) is 0 Å². The van der Waals surface area contributed by atoms with Gasteiger partial charge >= 0.3 is 0 Å². The maximum Gasteiger partial charge on any atom is 0.125 e. The van der Waals surface area contributed by atoms with Gasteiger partial charge in [0.2, 0.25) is 0 Å². The topological polar surface area (TPSA) is 15.3 Å². The Labute approximate surface area is 106 Å². The van der Waals surface area contributed by atoms with Crippen LogP contribution in [0, 0.1) is 5.82 Å². The fourth-order valence-corrected chi connectivity index (χ4v) is 2.53. The summed E-state index contributed by atoms with van der Waals surface area (Å²) in [5.74, 6) is -0.212. The van der Waals surface area contributed by atoms with Crippen LogP contribution >= 0.6 is 0 Å². The van der Waals surface area contributed by atoms with Crippen LogP contribution in [0.15, 0.2) is 42.5 Å². The molecule has 0 unspecified atom stereocenters. The lowest BCUT2D eigenvalue weighted by atomic mass is 10.2. The minimum absolute atomic E-state index is 0.212. The summed E-state index contributed by atoms with van der Waals surface area (Å²) in [6.45, 7) is 0.944. The molecule has 0 spiro atoms. The average molecular weight is 242 g/mol. The van der Waals surface area contributed by atoms with E-state index in [1.165, 1.54) is 23.4 Å². The van der Waals surface area contributed by atoms with Gasteiger partial charge in [0, 0.05) is 19.3 Å². The molecule has 0 radical (unpaired) electrons. The highest BCUT2D eigenvalue weighted by Gasteiger charge is 2.21. The largest absolute Gasteiger partial charge is 0.386 e. The molecular formula is C15H15FN2. The number of anilines is 3. The minimum atomic E-state index is -0.212. The van der Waals surface area contributed by atoms with E-state index < -0.39 is 0 Å². The number of nitrogens with one attached hydrogen (secondary N) is 1. The molecule has 1 N–H and O–H groups in total. The number of hydrogen-bond acceptors (Lipinski definition) is 2. The predicted molar refractivity (Wildman–Crippen MR) is 73.1 cm³/mol. The molecule has 0 atom stereocenters. The molecule has 18 heavy (non-hydrogen) atoms. The van der Waals surface area contributed by atoms with Crippen molar-refractivity contribution in [3.63, 3.8) is 0 Å². The summed E-state index contributed by atoms with van der Waals surface area (Å²) in [5.41, 5.74) is 4.43.